The van der Waals surface area contributed by atoms with E-state index in [2.05, 4.69) is 9.62 Å². The van der Waals surface area contributed by atoms with E-state index in [0.29, 0.717) is 27.9 Å². The van der Waals surface area contributed by atoms with Gasteiger partial charge in [-0.05, 0) is 48.8 Å². The Bertz CT molecular complexity index is 1040. The van der Waals surface area contributed by atoms with Gasteiger partial charge in [0, 0.05) is 18.7 Å². The standard InChI is InChI=1S/C22H27N3O4S/c23-21(27)17-6-7-18(24-30(28,29)15-14-26)19(16-4-2-1-3-5-16)20(17)25-12-10-22(8-9-22)11-13-25/h1-7,24,26H,8-15H2,(H2,23,27). The second-order valence-corrected chi connectivity index (χ2v) is 10.1. The zero-order chi connectivity index (χ0) is 21.4. The number of hydrogen-bond donors (Lipinski definition) is 3. The first-order chi connectivity index (χ1) is 14.3. The number of carbonyl (C=O) groups excluding carboxylic acids is 1. The third-order valence-electron chi connectivity index (χ3n) is 6.23. The molecule has 1 spiro atoms. The zero-order valence-corrected chi connectivity index (χ0v) is 17.6. The van der Waals surface area contributed by atoms with Crippen molar-refractivity contribution in [2.45, 2.75) is 25.7 Å². The molecule has 0 bridgehead atoms. The van der Waals surface area contributed by atoms with Crippen LogP contribution in [0.4, 0.5) is 11.4 Å². The Balaban J connectivity index is 1.86. The summed E-state index contributed by atoms with van der Waals surface area (Å²) in [7, 11) is -3.74. The fraction of sp³-hybridized carbons (Fsp3) is 0.409. The lowest BCUT2D eigenvalue weighted by molar-refractivity contribution is 0.100. The molecule has 0 radical (unpaired) electrons. The molecule has 2 aliphatic rings. The molecular formula is C22H27N3O4S. The molecule has 1 amide bonds. The van der Waals surface area contributed by atoms with E-state index < -0.39 is 28.3 Å². The van der Waals surface area contributed by atoms with Gasteiger partial charge in [-0.25, -0.2) is 8.42 Å². The summed E-state index contributed by atoms with van der Waals surface area (Å²) in [6.45, 7) is 1.12. The largest absolute Gasteiger partial charge is 0.395 e. The lowest BCUT2D eigenvalue weighted by Crippen LogP contribution is -2.36. The van der Waals surface area contributed by atoms with E-state index in [9.17, 15) is 13.2 Å². The van der Waals surface area contributed by atoms with E-state index in [1.807, 2.05) is 30.3 Å². The summed E-state index contributed by atoms with van der Waals surface area (Å²) in [6.07, 6.45) is 4.63. The van der Waals surface area contributed by atoms with Gasteiger partial charge in [0.15, 0.2) is 0 Å². The number of sulfonamides is 1. The van der Waals surface area contributed by atoms with Gasteiger partial charge in [0.05, 0.1) is 29.3 Å². The molecule has 2 aromatic carbocycles. The van der Waals surface area contributed by atoms with Gasteiger partial charge in [-0.15, -0.1) is 0 Å². The average Bonchev–Trinajstić information content (AvgIpc) is 3.47. The molecule has 1 heterocycles. The summed E-state index contributed by atoms with van der Waals surface area (Å²) in [4.78, 5) is 14.5. The van der Waals surface area contributed by atoms with Crippen LogP contribution >= 0.6 is 0 Å². The van der Waals surface area contributed by atoms with Gasteiger partial charge in [-0.2, -0.15) is 0 Å². The Morgan fingerprint density at radius 1 is 1.07 bits per heavy atom. The summed E-state index contributed by atoms with van der Waals surface area (Å²) in [6, 6.07) is 12.6. The summed E-state index contributed by atoms with van der Waals surface area (Å²) < 4.78 is 27.4. The Morgan fingerprint density at radius 3 is 2.30 bits per heavy atom. The van der Waals surface area contributed by atoms with E-state index in [0.717, 1.165) is 31.5 Å². The number of amides is 1. The van der Waals surface area contributed by atoms with Crippen LogP contribution in [0.15, 0.2) is 42.5 Å². The first kappa shape index (κ1) is 20.7. The smallest absolute Gasteiger partial charge is 0.250 e. The number of nitrogens with one attached hydrogen (secondary N) is 1. The molecule has 1 aliphatic carbocycles. The Morgan fingerprint density at radius 2 is 1.73 bits per heavy atom. The SMILES string of the molecule is NC(=O)c1ccc(NS(=O)(=O)CCO)c(-c2ccccc2)c1N1CCC2(CC1)CC2. The van der Waals surface area contributed by atoms with Crippen molar-refractivity contribution in [3.63, 3.8) is 0 Å². The van der Waals surface area contributed by atoms with Crippen LogP contribution in [0.5, 0.6) is 0 Å². The van der Waals surface area contributed by atoms with Crippen LogP contribution in [0.2, 0.25) is 0 Å². The minimum atomic E-state index is -3.74. The van der Waals surface area contributed by atoms with Gasteiger partial charge in [0.25, 0.3) is 5.91 Å². The van der Waals surface area contributed by atoms with Gasteiger partial charge < -0.3 is 15.7 Å². The van der Waals surface area contributed by atoms with Gasteiger partial charge in [-0.3, -0.25) is 9.52 Å². The van der Waals surface area contributed by atoms with Crippen molar-refractivity contribution in [1.82, 2.24) is 0 Å². The van der Waals surface area contributed by atoms with E-state index >= 15 is 0 Å². The Hall–Kier alpha value is -2.58. The van der Waals surface area contributed by atoms with Crippen LogP contribution in [-0.4, -0.2) is 44.9 Å². The highest BCUT2D eigenvalue weighted by Gasteiger charge is 2.45. The number of piperidine rings is 1. The Labute approximate surface area is 176 Å². The predicted molar refractivity (Wildman–Crippen MR) is 118 cm³/mol. The van der Waals surface area contributed by atoms with Crippen LogP contribution in [0.3, 0.4) is 0 Å². The van der Waals surface area contributed by atoms with Gasteiger partial charge >= 0.3 is 0 Å². The molecule has 7 nitrogen and oxygen atoms in total. The molecule has 1 aliphatic heterocycles. The molecule has 1 saturated carbocycles. The van der Waals surface area contributed by atoms with Gasteiger partial charge in [-0.1, -0.05) is 30.3 Å². The van der Waals surface area contributed by atoms with Crippen molar-refractivity contribution in [2.75, 3.05) is 35.1 Å². The number of benzene rings is 2. The lowest BCUT2D eigenvalue weighted by atomic mass is 9.90. The lowest BCUT2D eigenvalue weighted by Gasteiger charge is -2.36. The van der Waals surface area contributed by atoms with Crippen molar-refractivity contribution in [3.05, 3.63) is 48.0 Å². The molecule has 4 N–H and O–H groups in total. The highest BCUT2D eigenvalue weighted by atomic mass is 32.2. The van der Waals surface area contributed by atoms with Crippen molar-refractivity contribution in [2.24, 2.45) is 11.1 Å². The van der Waals surface area contributed by atoms with E-state index in [1.165, 1.54) is 12.8 Å². The van der Waals surface area contributed by atoms with Crippen LogP contribution in [0, 0.1) is 5.41 Å². The highest BCUT2D eigenvalue weighted by molar-refractivity contribution is 7.92. The highest BCUT2D eigenvalue weighted by Crippen LogP contribution is 2.54. The maximum absolute atomic E-state index is 12.4. The normalized spacial score (nSPS) is 17.7. The number of carbonyl (C=O) groups is 1. The van der Waals surface area contributed by atoms with Crippen molar-refractivity contribution >= 4 is 27.3 Å². The summed E-state index contributed by atoms with van der Waals surface area (Å²) in [5, 5.41) is 9.11. The summed E-state index contributed by atoms with van der Waals surface area (Å²) in [5.74, 6) is -0.945. The topological polar surface area (TPSA) is 113 Å². The number of rotatable bonds is 7. The number of primary amides is 1. The molecule has 4 rings (SSSR count). The second kappa shape index (κ2) is 7.92. The molecule has 0 aromatic heterocycles. The van der Waals surface area contributed by atoms with Crippen LogP contribution < -0.4 is 15.4 Å². The molecule has 30 heavy (non-hydrogen) atoms. The average molecular weight is 430 g/mol. The third-order valence-corrected chi connectivity index (χ3v) is 7.48. The monoisotopic (exact) mass is 429 g/mol. The number of aliphatic hydroxyl groups excluding tert-OH is 1. The zero-order valence-electron chi connectivity index (χ0n) is 16.8. The predicted octanol–water partition coefficient (Wildman–Crippen LogP) is 2.57. The third kappa shape index (κ3) is 4.15. The van der Waals surface area contributed by atoms with E-state index in [-0.39, 0.29) is 0 Å². The molecule has 0 atom stereocenters. The van der Waals surface area contributed by atoms with Gasteiger partial charge in [0.1, 0.15) is 0 Å². The second-order valence-electron chi connectivity index (χ2n) is 8.25. The minimum absolute atomic E-state index is 0.376. The molecule has 2 aromatic rings. The van der Waals surface area contributed by atoms with Gasteiger partial charge in [0.2, 0.25) is 10.0 Å². The molecule has 1 saturated heterocycles. The number of anilines is 2. The van der Waals surface area contributed by atoms with Crippen LogP contribution in [0.25, 0.3) is 11.1 Å². The molecule has 8 heteroatoms. The van der Waals surface area contributed by atoms with E-state index in [1.54, 1.807) is 12.1 Å². The maximum Gasteiger partial charge on any atom is 0.250 e. The summed E-state index contributed by atoms with van der Waals surface area (Å²) >= 11 is 0. The van der Waals surface area contributed by atoms with Crippen molar-refractivity contribution < 1.29 is 18.3 Å². The maximum atomic E-state index is 12.4. The van der Waals surface area contributed by atoms with Crippen LogP contribution in [0.1, 0.15) is 36.0 Å². The number of nitrogens with zero attached hydrogens (tertiary/aromatic N) is 1. The molecule has 0 unspecified atom stereocenters. The quantitative estimate of drug-likeness (QED) is 0.626. The fourth-order valence-corrected chi connectivity index (χ4v) is 5.17. The summed E-state index contributed by atoms with van der Waals surface area (Å²) in [5.41, 5.74) is 9.04. The molecule has 2 fully saturated rings. The number of hydrogen-bond acceptors (Lipinski definition) is 5. The first-order valence-electron chi connectivity index (χ1n) is 10.2. The fourth-order valence-electron chi connectivity index (χ4n) is 4.32. The Kier molecular flexibility index (Phi) is 5.46. The number of nitrogens with two attached hydrogens (primary N) is 1. The number of aliphatic hydroxyl groups is 1. The first-order valence-corrected chi connectivity index (χ1v) is 11.9. The molecular weight excluding hydrogens is 402 g/mol. The molecule has 160 valence electrons. The van der Waals surface area contributed by atoms with Crippen LogP contribution in [-0.2, 0) is 10.0 Å². The van der Waals surface area contributed by atoms with Crippen molar-refractivity contribution in [1.29, 1.82) is 0 Å². The van der Waals surface area contributed by atoms with Crippen molar-refractivity contribution in [3.8, 4) is 11.1 Å². The van der Waals surface area contributed by atoms with E-state index in [4.69, 9.17) is 10.8 Å². The minimum Gasteiger partial charge on any atom is -0.395 e.